The summed E-state index contributed by atoms with van der Waals surface area (Å²) in [6.45, 7) is 3.60. The Morgan fingerprint density at radius 1 is 1.27 bits per heavy atom. The molecule has 1 aliphatic heterocycles. The number of rotatable bonds is 5. The molecule has 1 aromatic heterocycles. The van der Waals surface area contributed by atoms with Gasteiger partial charge in [0.15, 0.2) is 0 Å². The van der Waals surface area contributed by atoms with E-state index in [-0.39, 0.29) is 18.0 Å². The Morgan fingerprint density at radius 3 is 2.69 bits per heavy atom. The average Bonchev–Trinajstić information content (AvgIpc) is 2.92. The molecule has 0 spiro atoms. The monoisotopic (exact) mass is 372 g/mol. The standard InChI is InChI=1S/C19H20N2O4S/c1-3-13-11(2)26-18(17(13)19(24)25)20-15(22)10-21-14-7-5-4-6-12(14)8-9-16(21)23/h4-7H,3,8-10H2,1-2H3,(H,20,22)(H,24,25). The number of carbonyl (C=O) groups excluding carboxylic acids is 2. The molecule has 136 valence electrons. The SMILES string of the molecule is CCc1c(C)sc(NC(=O)CN2C(=O)CCc3ccccc32)c1C(=O)O. The van der Waals surface area contributed by atoms with Gasteiger partial charge in [-0.05, 0) is 37.0 Å². The minimum absolute atomic E-state index is 0.103. The van der Waals surface area contributed by atoms with Crippen LogP contribution in [-0.2, 0) is 22.4 Å². The van der Waals surface area contributed by atoms with Crippen molar-refractivity contribution in [1.29, 1.82) is 0 Å². The number of aryl methyl sites for hydroxylation is 2. The molecule has 3 rings (SSSR count). The molecule has 26 heavy (non-hydrogen) atoms. The van der Waals surface area contributed by atoms with E-state index in [1.54, 1.807) is 0 Å². The molecular weight excluding hydrogens is 352 g/mol. The minimum Gasteiger partial charge on any atom is -0.478 e. The van der Waals surface area contributed by atoms with Crippen LogP contribution in [0.25, 0.3) is 0 Å². The Labute approximate surface area is 155 Å². The molecule has 0 aliphatic carbocycles. The van der Waals surface area contributed by atoms with Crippen LogP contribution in [0.3, 0.4) is 0 Å². The van der Waals surface area contributed by atoms with Crippen molar-refractivity contribution < 1.29 is 19.5 Å². The number of aromatic carboxylic acids is 1. The van der Waals surface area contributed by atoms with Crippen LogP contribution in [0.2, 0.25) is 0 Å². The van der Waals surface area contributed by atoms with Gasteiger partial charge in [0, 0.05) is 17.0 Å². The Bertz CT molecular complexity index is 888. The third-order valence-corrected chi connectivity index (χ3v) is 5.59. The predicted molar refractivity (Wildman–Crippen MR) is 101 cm³/mol. The first-order valence-electron chi connectivity index (χ1n) is 8.46. The van der Waals surface area contributed by atoms with Crippen LogP contribution in [-0.4, -0.2) is 29.4 Å². The van der Waals surface area contributed by atoms with Gasteiger partial charge >= 0.3 is 5.97 Å². The Kier molecular flexibility index (Phi) is 5.08. The number of thiophene rings is 1. The van der Waals surface area contributed by atoms with E-state index in [1.165, 1.54) is 16.2 Å². The highest BCUT2D eigenvalue weighted by Gasteiger charge is 2.27. The number of hydrogen-bond donors (Lipinski definition) is 2. The van der Waals surface area contributed by atoms with Crippen molar-refractivity contribution in [2.45, 2.75) is 33.1 Å². The van der Waals surface area contributed by atoms with Crippen molar-refractivity contribution in [2.24, 2.45) is 0 Å². The van der Waals surface area contributed by atoms with Gasteiger partial charge in [-0.3, -0.25) is 9.59 Å². The summed E-state index contributed by atoms with van der Waals surface area (Å²) in [5.74, 6) is -1.56. The summed E-state index contributed by atoms with van der Waals surface area (Å²) in [7, 11) is 0. The molecule has 0 saturated carbocycles. The van der Waals surface area contributed by atoms with Crippen LogP contribution in [0.15, 0.2) is 24.3 Å². The van der Waals surface area contributed by atoms with E-state index < -0.39 is 11.9 Å². The van der Waals surface area contributed by atoms with E-state index in [0.29, 0.717) is 24.3 Å². The lowest BCUT2D eigenvalue weighted by Crippen LogP contribution is -2.40. The number of nitrogens with one attached hydrogen (secondary N) is 1. The number of carbonyl (C=O) groups is 3. The molecule has 1 aliphatic rings. The van der Waals surface area contributed by atoms with Crippen LogP contribution >= 0.6 is 11.3 Å². The molecule has 2 aromatic rings. The van der Waals surface area contributed by atoms with Gasteiger partial charge in [0.1, 0.15) is 11.5 Å². The van der Waals surface area contributed by atoms with Crippen molar-refractivity contribution in [1.82, 2.24) is 0 Å². The molecule has 2 heterocycles. The molecule has 0 saturated heterocycles. The number of para-hydroxylation sites is 1. The van der Waals surface area contributed by atoms with Crippen molar-refractivity contribution in [3.05, 3.63) is 45.8 Å². The van der Waals surface area contributed by atoms with Gasteiger partial charge < -0.3 is 15.3 Å². The molecule has 0 fully saturated rings. The lowest BCUT2D eigenvalue weighted by Gasteiger charge is -2.28. The highest BCUT2D eigenvalue weighted by atomic mass is 32.1. The molecule has 7 heteroatoms. The van der Waals surface area contributed by atoms with E-state index in [2.05, 4.69) is 5.32 Å². The number of fused-ring (bicyclic) bond motifs is 1. The largest absolute Gasteiger partial charge is 0.478 e. The van der Waals surface area contributed by atoms with Crippen LogP contribution in [0, 0.1) is 6.92 Å². The quantitative estimate of drug-likeness (QED) is 0.844. The second-order valence-electron chi connectivity index (χ2n) is 6.16. The Balaban J connectivity index is 1.82. The topological polar surface area (TPSA) is 86.7 Å². The van der Waals surface area contributed by atoms with Crippen molar-refractivity contribution >= 4 is 39.8 Å². The fourth-order valence-corrected chi connectivity index (χ4v) is 4.45. The molecule has 0 atom stereocenters. The first-order chi connectivity index (χ1) is 12.4. The smallest absolute Gasteiger partial charge is 0.339 e. The highest BCUT2D eigenvalue weighted by molar-refractivity contribution is 7.16. The Hall–Kier alpha value is -2.67. The summed E-state index contributed by atoms with van der Waals surface area (Å²) >= 11 is 1.25. The first-order valence-corrected chi connectivity index (χ1v) is 9.27. The summed E-state index contributed by atoms with van der Waals surface area (Å²) < 4.78 is 0. The molecule has 1 aromatic carbocycles. The molecule has 0 unspecified atom stereocenters. The molecule has 0 radical (unpaired) electrons. The summed E-state index contributed by atoms with van der Waals surface area (Å²) in [6.07, 6.45) is 1.61. The summed E-state index contributed by atoms with van der Waals surface area (Å²) in [4.78, 5) is 38.7. The van der Waals surface area contributed by atoms with Gasteiger partial charge in [0.25, 0.3) is 0 Å². The van der Waals surface area contributed by atoms with E-state index >= 15 is 0 Å². The van der Waals surface area contributed by atoms with Crippen molar-refractivity contribution in [3.63, 3.8) is 0 Å². The average molecular weight is 372 g/mol. The Morgan fingerprint density at radius 2 is 2.00 bits per heavy atom. The van der Waals surface area contributed by atoms with Crippen molar-refractivity contribution in [2.75, 3.05) is 16.8 Å². The number of carboxylic acid groups (broad SMARTS) is 1. The van der Waals surface area contributed by atoms with Gasteiger partial charge in [-0.25, -0.2) is 4.79 Å². The van der Waals surface area contributed by atoms with Gasteiger partial charge in [-0.1, -0.05) is 25.1 Å². The zero-order chi connectivity index (χ0) is 18.8. The number of carboxylic acids is 1. The van der Waals surface area contributed by atoms with Crippen LogP contribution < -0.4 is 10.2 Å². The van der Waals surface area contributed by atoms with Gasteiger partial charge in [-0.2, -0.15) is 0 Å². The molecule has 2 N–H and O–H groups in total. The van der Waals surface area contributed by atoms with Crippen LogP contribution in [0.5, 0.6) is 0 Å². The number of benzene rings is 1. The van der Waals surface area contributed by atoms with Crippen LogP contribution in [0.1, 0.15) is 39.7 Å². The number of anilines is 2. The van der Waals surface area contributed by atoms with E-state index in [0.717, 1.165) is 21.7 Å². The first kappa shape index (κ1) is 18.1. The maximum atomic E-state index is 12.5. The summed E-state index contributed by atoms with van der Waals surface area (Å²) in [5, 5.41) is 12.5. The normalized spacial score (nSPS) is 13.5. The maximum absolute atomic E-state index is 12.5. The lowest BCUT2D eigenvalue weighted by molar-refractivity contribution is -0.121. The van der Waals surface area contributed by atoms with Gasteiger partial charge in [0.2, 0.25) is 11.8 Å². The third kappa shape index (κ3) is 3.35. The maximum Gasteiger partial charge on any atom is 0.339 e. The van der Waals surface area contributed by atoms with Gasteiger partial charge in [0.05, 0.1) is 5.56 Å². The number of hydrogen-bond acceptors (Lipinski definition) is 4. The fourth-order valence-electron chi connectivity index (χ4n) is 3.30. The van der Waals surface area contributed by atoms with E-state index in [9.17, 15) is 19.5 Å². The predicted octanol–water partition coefficient (Wildman–Crippen LogP) is 3.24. The zero-order valence-corrected chi connectivity index (χ0v) is 15.5. The minimum atomic E-state index is -1.05. The number of nitrogens with zero attached hydrogens (tertiary/aromatic N) is 1. The van der Waals surface area contributed by atoms with E-state index in [4.69, 9.17) is 0 Å². The third-order valence-electron chi connectivity index (χ3n) is 4.52. The molecule has 0 bridgehead atoms. The number of amides is 2. The highest BCUT2D eigenvalue weighted by Crippen LogP contribution is 2.34. The zero-order valence-electron chi connectivity index (χ0n) is 14.7. The van der Waals surface area contributed by atoms with Crippen LogP contribution in [0.4, 0.5) is 10.7 Å². The van der Waals surface area contributed by atoms with Crippen molar-refractivity contribution in [3.8, 4) is 0 Å². The second-order valence-corrected chi connectivity index (χ2v) is 7.38. The molecule has 2 amide bonds. The molecular formula is C19H20N2O4S. The second kappa shape index (κ2) is 7.29. The summed E-state index contributed by atoms with van der Waals surface area (Å²) in [5.41, 5.74) is 2.66. The lowest BCUT2D eigenvalue weighted by atomic mass is 10.0. The summed E-state index contributed by atoms with van der Waals surface area (Å²) in [6, 6.07) is 7.52. The van der Waals surface area contributed by atoms with E-state index in [1.807, 2.05) is 38.1 Å². The fraction of sp³-hybridized carbons (Fsp3) is 0.316. The molecule has 6 nitrogen and oxygen atoms in total. The van der Waals surface area contributed by atoms with Gasteiger partial charge in [-0.15, -0.1) is 11.3 Å².